The van der Waals surface area contributed by atoms with Crippen LogP contribution in [0.25, 0.3) is 0 Å². The zero-order chi connectivity index (χ0) is 14.9. The molecule has 0 spiro atoms. The summed E-state index contributed by atoms with van der Waals surface area (Å²) in [6, 6.07) is 0. The van der Waals surface area contributed by atoms with E-state index in [1.807, 2.05) is 0 Å². The maximum atomic E-state index is 12.1. The van der Waals surface area contributed by atoms with Crippen LogP contribution in [0.3, 0.4) is 0 Å². The molecule has 1 aliphatic heterocycles. The molecule has 0 amide bonds. The monoisotopic (exact) mass is 294 g/mol. The van der Waals surface area contributed by atoms with Crippen LogP contribution in [0, 0.1) is 17.3 Å². The zero-order valence-electron chi connectivity index (χ0n) is 13.6. The van der Waals surface area contributed by atoms with Crippen molar-refractivity contribution in [1.29, 1.82) is 0 Å². The number of ether oxygens (including phenoxy) is 2. The highest BCUT2D eigenvalue weighted by Crippen LogP contribution is 2.53. The Morgan fingerprint density at radius 2 is 1.95 bits per heavy atom. The third-order valence-corrected chi connectivity index (χ3v) is 5.97. The first-order valence-electron chi connectivity index (χ1n) is 8.90. The molecule has 3 atom stereocenters. The van der Waals surface area contributed by atoms with Gasteiger partial charge in [-0.3, -0.25) is 4.79 Å². The summed E-state index contributed by atoms with van der Waals surface area (Å²) in [7, 11) is 0. The third-order valence-electron chi connectivity index (χ3n) is 5.97. The molecular formula is C18H30O3. The molecule has 120 valence electrons. The van der Waals surface area contributed by atoms with Crippen LogP contribution < -0.4 is 0 Å². The summed E-state index contributed by atoms with van der Waals surface area (Å²) < 4.78 is 11.5. The van der Waals surface area contributed by atoms with Gasteiger partial charge in [0.05, 0.1) is 6.10 Å². The van der Waals surface area contributed by atoms with E-state index in [2.05, 4.69) is 13.8 Å². The van der Waals surface area contributed by atoms with Gasteiger partial charge in [-0.15, -0.1) is 0 Å². The van der Waals surface area contributed by atoms with E-state index >= 15 is 0 Å². The molecule has 2 saturated carbocycles. The summed E-state index contributed by atoms with van der Waals surface area (Å²) >= 11 is 0. The Labute approximate surface area is 128 Å². The number of carbonyl (C=O) groups is 1. The van der Waals surface area contributed by atoms with Gasteiger partial charge >= 0.3 is 5.97 Å². The van der Waals surface area contributed by atoms with Gasteiger partial charge in [-0.1, -0.05) is 46.0 Å². The van der Waals surface area contributed by atoms with Gasteiger partial charge in [-0.05, 0) is 25.2 Å². The lowest BCUT2D eigenvalue weighted by Gasteiger charge is -2.53. The van der Waals surface area contributed by atoms with E-state index in [0.29, 0.717) is 18.4 Å². The molecule has 2 aliphatic carbocycles. The van der Waals surface area contributed by atoms with Crippen molar-refractivity contribution in [1.82, 2.24) is 0 Å². The highest BCUT2D eigenvalue weighted by Gasteiger charge is 2.61. The van der Waals surface area contributed by atoms with Crippen LogP contribution in [-0.2, 0) is 14.3 Å². The standard InChI is InChI=1S/C18H30O3/c1-18(2)16-14(11-12-20-16)17(18)21-15(19)10-6-9-13-7-4-3-5-8-13/h13-14,16-17H,3-12H2,1-2H3/t14-,16-,17-/m1/s1. The third kappa shape index (κ3) is 3.13. The second-order valence-corrected chi connectivity index (χ2v) is 7.87. The zero-order valence-corrected chi connectivity index (χ0v) is 13.6. The maximum Gasteiger partial charge on any atom is 0.306 e. The number of carbonyl (C=O) groups excluding carboxylic acids is 1. The van der Waals surface area contributed by atoms with Crippen molar-refractivity contribution in [2.24, 2.45) is 17.3 Å². The second-order valence-electron chi connectivity index (χ2n) is 7.87. The highest BCUT2D eigenvalue weighted by molar-refractivity contribution is 5.69. The molecule has 1 heterocycles. The van der Waals surface area contributed by atoms with E-state index in [9.17, 15) is 4.79 Å². The number of rotatable bonds is 5. The molecule has 0 bridgehead atoms. The van der Waals surface area contributed by atoms with E-state index < -0.39 is 0 Å². The van der Waals surface area contributed by atoms with Crippen molar-refractivity contribution in [3.63, 3.8) is 0 Å². The largest absolute Gasteiger partial charge is 0.461 e. The van der Waals surface area contributed by atoms with Gasteiger partial charge in [0.15, 0.2) is 0 Å². The number of esters is 1. The van der Waals surface area contributed by atoms with Crippen molar-refractivity contribution < 1.29 is 14.3 Å². The van der Waals surface area contributed by atoms with Crippen LogP contribution in [0.4, 0.5) is 0 Å². The van der Waals surface area contributed by atoms with Crippen LogP contribution >= 0.6 is 0 Å². The SMILES string of the molecule is CC1(C)[C@@H]2OCC[C@H]2[C@H]1OC(=O)CCCC1CCCCC1. The van der Waals surface area contributed by atoms with E-state index in [-0.39, 0.29) is 17.5 Å². The Bertz CT molecular complexity index is 371. The maximum absolute atomic E-state index is 12.1. The predicted molar refractivity (Wildman–Crippen MR) is 81.9 cm³/mol. The molecule has 0 unspecified atom stereocenters. The normalized spacial score (nSPS) is 35.0. The van der Waals surface area contributed by atoms with Gasteiger partial charge < -0.3 is 9.47 Å². The smallest absolute Gasteiger partial charge is 0.306 e. The predicted octanol–water partition coefficient (Wildman–Crippen LogP) is 4.09. The average Bonchev–Trinajstić information content (AvgIpc) is 2.93. The molecule has 3 fully saturated rings. The van der Waals surface area contributed by atoms with Crippen molar-refractivity contribution >= 4 is 5.97 Å². The minimum absolute atomic E-state index is 0.000195. The molecule has 3 heteroatoms. The minimum atomic E-state index is 0.000195. The lowest BCUT2D eigenvalue weighted by atomic mass is 9.59. The first kappa shape index (κ1) is 15.3. The van der Waals surface area contributed by atoms with Gasteiger partial charge in [-0.2, -0.15) is 0 Å². The van der Waals surface area contributed by atoms with Crippen molar-refractivity contribution in [3.8, 4) is 0 Å². The molecule has 1 saturated heterocycles. The minimum Gasteiger partial charge on any atom is -0.461 e. The molecule has 0 aromatic rings. The van der Waals surface area contributed by atoms with Crippen LogP contribution in [0.2, 0.25) is 0 Å². The first-order valence-corrected chi connectivity index (χ1v) is 8.90. The lowest BCUT2D eigenvalue weighted by molar-refractivity contribution is -0.210. The Morgan fingerprint density at radius 3 is 2.71 bits per heavy atom. The Morgan fingerprint density at radius 1 is 1.19 bits per heavy atom. The Kier molecular flexibility index (Phi) is 4.58. The second kappa shape index (κ2) is 6.28. The van der Waals surface area contributed by atoms with Crippen molar-refractivity contribution in [2.45, 2.75) is 83.8 Å². The first-order chi connectivity index (χ1) is 10.1. The summed E-state index contributed by atoms with van der Waals surface area (Å²) in [5, 5.41) is 0. The average molecular weight is 294 g/mol. The van der Waals surface area contributed by atoms with Gasteiger partial charge in [0, 0.05) is 24.4 Å². The molecule has 3 rings (SSSR count). The van der Waals surface area contributed by atoms with Gasteiger partial charge in [-0.25, -0.2) is 0 Å². The molecule has 0 aromatic heterocycles. The molecule has 0 N–H and O–H groups in total. The molecule has 0 radical (unpaired) electrons. The molecular weight excluding hydrogens is 264 g/mol. The summed E-state index contributed by atoms with van der Waals surface area (Å²) in [6.07, 6.45) is 11.1. The number of hydrogen-bond donors (Lipinski definition) is 0. The fraction of sp³-hybridized carbons (Fsp3) is 0.944. The Balaban J connectivity index is 1.38. The molecule has 3 nitrogen and oxygen atoms in total. The number of fused-ring (bicyclic) bond motifs is 1. The van der Waals surface area contributed by atoms with Gasteiger partial charge in [0.25, 0.3) is 0 Å². The van der Waals surface area contributed by atoms with Crippen molar-refractivity contribution in [3.05, 3.63) is 0 Å². The summed E-state index contributed by atoms with van der Waals surface area (Å²) in [5.41, 5.74) is 0.000195. The fourth-order valence-corrected chi connectivity index (χ4v) is 4.73. The lowest BCUT2D eigenvalue weighted by Crippen LogP contribution is -2.61. The number of hydrogen-bond acceptors (Lipinski definition) is 3. The Hall–Kier alpha value is -0.570. The van der Waals surface area contributed by atoms with Crippen LogP contribution in [-0.4, -0.2) is 24.8 Å². The van der Waals surface area contributed by atoms with E-state index in [1.165, 1.54) is 38.5 Å². The topological polar surface area (TPSA) is 35.5 Å². The summed E-state index contributed by atoms with van der Waals surface area (Å²) in [5.74, 6) is 1.32. The summed E-state index contributed by atoms with van der Waals surface area (Å²) in [6.45, 7) is 5.16. The fourth-order valence-electron chi connectivity index (χ4n) is 4.73. The molecule has 3 aliphatic rings. The van der Waals surface area contributed by atoms with E-state index in [1.54, 1.807) is 0 Å². The summed E-state index contributed by atoms with van der Waals surface area (Å²) in [4.78, 5) is 12.1. The molecule has 21 heavy (non-hydrogen) atoms. The van der Waals surface area contributed by atoms with Gasteiger partial charge in [0.2, 0.25) is 0 Å². The quantitative estimate of drug-likeness (QED) is 0.716. The highest BCUT2D eigenvalue weighted by atomic mass is 16.6. The van der Waals surface area contributed by atoms with Crippen LogP contribution in [0.1, 0.15) is 71.6 Å². The van der Waals surface area contributed by atoms with Crippen LogP contribution in [0.15, 0.2) is 0 Å². The molecule has 0 aromatic carbocycles. The van der Waals surface area contributed by atoms with Crippen LogP contribution in [0.5, 0.6) is 0 Å². The van der Waals surface area contributed by atoms with E-state index in [0.717, 1.165) is 25.4 Å². The van der Waals surface area contributed by atoms with Crippen molar-refractivity contribution in [2.75, 3.05) is 6.61 Å². The van der Waals surface area contributed by atoms with Gasteiger partial charge in [0.1, 0.15) is 6.10 Å². The van der Waals surface area contributed by atoms with E-state index in [4.69, 9.17) is 9.47 Å².